The minimum absolute atomic E-state index is 0.0501. The Kier molecular flexibility index (Phi) is 8.53. The van der Waals surface area contributed by atoms with E-state index in [1.165, 1.54) is 12.1 Å². The summed E-state index contributed by atoms with van der Waals surface area (Å²) >= 11 is 0.935. The molecule has 3 rings (SSSR count). The number of nitrogens with one attached hydrogen (secondary N) is 2. The second kappa shape index (κ2) is 11.5. The van der Waals surface area contributed by atoms with Gasteiger partial charge in [0.2, 0.25) is 0 Å². The number of carbonyl (C=O) groups excluding carboxylic acids is 4. The second-order valence-corrected chi connectivity index (χ2v) is 9.12. The molecule has 17 heteroatoms. The third-order valence-corrected chi connectivity index (χ3v) is 6.36. The lowest BCUT2D eigenvalue weighted by Crippen LogP contribution is -2.50. The first-order chi connectivity index (χ1) is 18.1. The molecule has 0 fully saturated rings. The summed E-state index contributed by atoms with van der Waals surface area (Å²) < 4.78 is 59.5. The van der Waals surface area contributed by atoms with Gasteiger partial charge in [-0.3, -0.25) is 10.2 Å². The highest BCUT2D eigenvalue weighted by Gasteiger charge is 2.43. The highest BCUT2D eigenvalue weighted by molar-refractivity contribution is 7.14. The number of esters is 3. The van der Waals surface area contributed by atoms with Crippen molar-refractivity contribution >= 4 is 47.1 Å². The van der Waals surface area contributed by atoms with Crippen molar-refractivity contribution in [2.45, 2.75) is 31.6 Å². The number of carbonyl (C=O) groups is 5. The number of nitrogens with zero attached hydrogens (tertiary/aromatic N) is 1. The molecule has 0 spiro atoms. The molecule has 5 N–H and O–H groups in total. The number of hydrogen-bond donors (Lipinski definition) is 4. The molecule has 2 amide bonds. The number of aliphatic carboxylic acids is 1. The predicted molar refractivity (Wildman–Crippen MR) is 123 cm³/mol. The van der Waals surface area contributed by atoms with E-state index in [-0.39, 0.29) is 35.8 Å². The van der Waals surface area contributed by atoms with Gasteiger partial charge in [0.15, 0.2) is 11.6 Å². The number of urea groups is 1. The lowest BCUT2D eigenvalue weighted by Gasteiger charge is -2.28. The third-order valence-electron chi connectivity index (χ3n) is 5.22. The standard InChI is InChI=1S/C22H18F4N4O8S/c23-11-5-10(17(27)28)1-2-13(11)37-19(34)14-6-9-3-4-30(8-15(9)39-14)21(36)29-12(18(32)33)7-16(31)38-20(35)22(24,25)26/h1-2,5-6,12H,3-4,7-8H2,(H3,27,28)(H,29,36)(H,32,33)/t12-/m0/s1. The number of fused-ring (bicyclic) bond motifs is 1. The van der Waals surface area contributed by atoms with Crippen molar-refractivity contribution in [3.8, 4) is 5.75 Å². The number of hydrogen-bond acceptors (Lipinski definition) is 9. The number of halogens is 4. The number of alkyl halides is 3. The first-order valence-electron chi connectivity index (χ1n) is 10.7. The maximum absolute atomic E-state index is 14.2. The van der Waals surface area contributed by atoms with E-state index in [0.717, 1.165) is 28.4 Å². The fourth-order valence-corrected chi connectivity index (χ4v) is 4.41. The minimum atomic E-state index is -5.47. The molecule has 208 valence electrons. The highest BCUT2D eigenvalue weighted by Crippen LogP contribution is 2.30. The van der Waals surface area contributed by atoms with E-state index >= 15 is 0 Å². The third kappa shape index (κ3) is 7.28. The number of nitrogens with two attached hydrogens (primary N) is 1. The van der Waals surface area contributed by atoms with E-state index in [2.05, 4.69) is 4.74 Å². The van der Waals surface area contributed by atoms with Crippen LogP contribution in [0, 0.1) is 11.2 Å². The molecule has 1 aliphatic rings. The Morgan fingerprint density at radius 1 is 1.21 bits per heavy atom. The van der Waals surface area contributed by atoms with Crippen molar-refractivity contribution in [1.29, 1.82) is 5.41 Å². The number of thiophene rings is 1. The topological polar surface area (TPSA) is 189 Å². The Morgan fingerprint density at radius 3 is 2.49 bits per heavy atom. The van der Waals surface area contributed by atoms with Gasteiger partial charge in [-0.1, -0.05) is 0 Å². The molecule has 1 aromatic heterocycles. The van der Waals surface area contributed by atoms with Crippen molar-refractivity contribution in [2.75, 3.05) is 6.54 Å². The van der Waals surface area contributed by atoms with Gasteiger partial charge in [-0.2, -0.15) is 13.2 Å². The minimum Gasteiger partial charge on any atom is -0.480 e. The molecule has 2 aromatic rings. The van der Waals surface area contributed by atoms with E-state index < -0.39 is 60.1 Å². The van der Waals surface area contributed by atoms with Crippen LogP contribution in [-0.4, -0.2) is 64.5 Å². The molecular formula is C22H18F4N4O8S. The monoisotopic (exact) mass is 574 g/mol. The number of ether oxygens (including phenoxy) is 2. The summed E-state index contributed by atoms with van der Waals surface area (Å²) in [5, 5.41) is 18.5. The van der Waals surface area contributed by atoms with Crippen LogP contribution in [-0.2, 0) is 32.1 Å². The molecule has 1 aromatic carbocycles. The fourth-order valence-electron chi connectivity index (χ4n) is 3.30. The Labute approximate surface area is 219 Å². The van der Waals surface area contributed by atoms with Crippen molar-refractivity contribution < 1.29 is 56.1 Å². The molecule has 0 radical (unpaired) electrons. The highest BCUT2D eigenvalue weighted by atomic mass is 32.1. The Hall–Kier alpha value is -4.54. The number of nitrogen functional groups attached to an aromatic ring is 1. The van der Waals surface area contributed by atoms with Crippen LogP contribution in [0.15, 0.2) is 24.3 Å². The van der Waals surface area contributed by atoms with Crippen LogP contribution >= 0.6 is 11.3 Å². The Bertz CT molecular complexity index is 1360. The average molecular weight is 574 g/mol. The van der Waals surface area contributed by atoms with Gasteiger partial charge >= 0.3 is 36.1 Å². The smallest absolute Gasteiger partial charge is 0.480 e. The molecule has 0 unspecified atom stereocenters. The lowest BCUT2D eigenvalue weighted by atomic mass is 10.1. The first-order valence-corrected chi connectivity index (χ1v) is 11.5. The van der Waals surface area contributed by atoms with Crippen molar-refractivity contribution in [3.63, 3.8) is 0 Å². The molecule has 0 aliphatic carbocycles. The van der Waals surface area contributed by atoms with Crippen molar-refractivity contribution in [3.05, 3.63) is 51.0 Å². The zero-order valence-corrected chi connectivity index (χ0v) is 20.3. The van der Waals surface area contributed by atoms with Crippen LogP contribution in [0.1, 0.15) is 32.1 Å². The summed E-state index contributed by atoms with van der Waals surface area (Å²) in [6.45, 7) is -0.0430. The van der Waals surface area contributed by atoms with E-state index in [0.29, 0.717) is 10.4 Å². The number of carboxylic acids is 1. The van der Waals surface area contributed by atoms with E-state index in [9.17, 15) is 46.6 Å². The zero-order chi connectivity index (χ0) is 29.1. The molecule has 1 atom stereocenters. The number of carboxylic acid groups (broad SMARTS) is 1. The summed E-state index contributed by atoms with van der Waals surface area (Å²) in [5.41, 5.74) is 6.05. The van der Waals surface area contributed by atoms with Crippen LogP contribution in [0.3, 0.4) is 0 Å². The molecule has 0 saturated heterocycles. The van der Waals surface area contributed by atoms with E-state index in [1.54, 1.807) is 0 Å². The molecule has 0 saturated carbocycles. The normalized spacial score (nSPS) is 13.6. The average Bonchev–Trinajstić information content (AvgIpc) is 3.27. The Balaban J connectivity index is 1.62. The summed E-state index contributed by atoms with van der Waals surface area (Å²) in [7, 11) is 0. The van der Waals surface area contributed by atoms with E-state index in [1.807, 2.05) is 5.32 Å². The SMILES string of the molecule is N=C(N)c1ccc(OC(=O)c2cc3c(s2)CN(C(=O)N[C@@H](CC(=O)OC(=O)C(F)(F)F)C(=O)O)CC3)c(F)c1. The predicted octanol–water partition coefficient (Wildman–Crippen LogP) is 1.93. The zero-order valence-electron chi connectivity index (χ0n) is 19.5. The van der Waals surface area contributed by atoms with Crippen molar-refractivity contribution in [1.82, 2.24) is 10.2 Å². The van der Waals surface area contributed by atoms with Gasteiger partial charge < -0.3 is 30.5 Å². The van der Waals surface area contributed by atoms with Crippen LogP contribution in [0.5, 0.6) is 5.75 Å². The van der Waals surface area contributed by atoms with Gasteiger partial charge in [0.25, 0.3) is 0 Å². The van der Waals surface area contributed by atoms with Gasteiger partial charge in [0.1, 0.15) is 16.8 Å². The van der Waals surface area contributed by atoms with Crippen LogP contribution in [0.25, 0.3) is 0 Å². The molecule has 39 heavy (non-hydrogen) atoms. The molecule has 0 bridgehead atoms. The fraction of sp³-hybridized carbons (Fsp3) is 0.273. The van der Waals surface area contributed by atoms with Gasteiger partial charge in [0.05, 0.1) is 13.0 Å². The molecule has 2 heterocycles. The summed E-state index contributed by atoms with van der Waals surface area (Å²) in [6.07, 6.45) is -6.49. The first kappa shape index (κ1) is 29.0. The van der Waals surface area contributed by atoms with Crippen molar-refractivity contribution in [2.24, 2.45) is 5.73 Å². The van der Waals surface area contributed by atoms with Gasteiger partial charge in [-0.25, -0.2) is 23.6 Å². The number of amidine groups is 1. The molecular weight excluding hydrogens is 556 g/mol. The Morgan fingerprint density at radius 2 is 1.90 bits per heavy atom. The van der Waals surface area contributed by atoms with Crippen LogP contribution in [0.2, 0.25) is 0 Å². The maximum Gasteiger partial charge on any atom is 0.491 e. The molecule has 12 nitrogen and oxygen atoms in total. The number of benzene rings is 1. The number of amides is 2. The number of rotatable bonds is 7. The quantitative estimate of drug-likeness (QED) is 0.0956. The maximum atomic E-state index is 14.2. The summed E-state index contributed by atoms with van der Waals surface area (Å²) in [4.78, 5) is 60.6. The summed E-state index contributed by atoms with van der Waals surface area (Å²) in [6, 6.07) is 1.88. The van der Waals surface area contributed by atoms with Crippen LogP contribution in [0.4, 0.5) is 22.4 Å². The molecule has 1 aliphatic heterocycles. The summed E-state index contributed by atoms with van der Waals surface area (Å²) in [5.74, 6) is -8.97. The van der Waals surface area contributed by atoms with Crippen LogP contribution < -0.4 is 15.8 Å². The second-order valence-electron chi connectivity index (χ2n) is 7.98. The van der Waals surface area contributed by atoms with Gasteiger partial charge in [0, 0.05) is 17.0 Å². The van der Waals surface area contributed by atoms with Gasteiger partial charge in [-0.05, 0) is 36.2 Å². The van der Waals surface area contributed by atoms with Gasteiger partial charge in [-0.15, -0.1) is 11.3 Å². The van der Waals surface area contributed by atoms with E-state index in [4.69, 9.17) is 15.9 Å². The lowest BCUT2D eigenvalue weighted by molar-refractivity contribution is -0.202. The largest absolute Gasteiger partial charge is 0.491 e.